The number of ether oxygens (including phenoxy) is 1. The molecule has 16 heavy (non-hydrogen) atoms. The van der Waals surface area contributed by atoms with Crippen molar-refractivity contribution in [3.05, 3.63) is 5.73 Å². The predicted molar refractivity (Wildman–Crippen MR) is 55.4 cm³/mol. The van der Waals surface area contributed by atoms with Gasteiger partial charge in [-0.1, -0.05) is 25.8 Å². The topological polar surface area (TPSA) is 93.7 Å². The molecule has 0 saturated carbocycles. The second-order valence-corrected chi connectivity index (χ2v) is 4.04. The van der Waals surface area contributed by atoms with Crippen molar-refractivity contribution in [3.8, 4) is 0 Å². The molecule has 0 aromatic rings. The Kier molecular flexibility index (Phi) is 9.01. The first-order valence-electron chi connectivity index (χ1n) is 5.45. The maximum Gasteiger partial charge on any atom is 0.109 e. The molecule has 0 aromatic carbocycles. The van der Waals surface area contributed by atoms with Crippen LogP contribution in [0.4, 0.5) is 0 Å². The fourth-order valence-electron chi connectivity index (χ4n) is 1.85. The number of hydrogen-bond donors (Lipinski definition) is 3. The van der Waals surface area contributed by atoms with E-state index >= 15 is 0 Å². The Morgan fingerprint density at radius 2 is 1.81 bits per heavy atom. The number of unbranched alkanes of at least 4 members (excludes halogenated alkanes) is 1. The molecule has 1 heterocycles. The first-order chi connectivity index (χ1) is 7.11. The van der Waals surface area contributed by atoms with Gasteiger partial charge in [-0.2, -0.15) is 0 Å². The zero-order valence-corrected chi connectivity index (χ0v) is 14.3. The summed E-state index contributed by atoms with van der Waals surface area (Å²) in [6, 6.07) is -0.825. The fourth-order valence-corrected chi connectivity index (χ4v) is 1.85. The molecule has 1 fully saturated rings. The molecule has 0 bridgehead atoms. The number of aliphatic hydroxyl groups excluding tert-OH is 3. The Balaban J connectivity index is 0.00000225. The number of rotatable bonds is 4. The van der Waals surface area contributed by atoms with Crippen LogP contribution in [0.5, 0.6) is 0 Å². The molecule has 0 amide bonds. The normalized spacial score (nSPS) is 39.2. The van der Waals surface area contributed by atoms with Gasteiger partial charge in [0.2, 0.25) is 0 Å². The van der Waals surface area contributed by atoms with Crippen LogP contribution in [0.3, 0.4) is 0 Å². The van der Waals surface area contributed by atoms with Crippen LogP contribution in [0.25, 0.3) is 5.73 Å². The summed E-state index contributed by atoms with van der Waals surface area (Å²) < 4.78 is 5.39. The molecule has 0 aliphatic carbocycles. The van der Waals surface area contributed by atoms with E-state index in [1.165, 1.54) is 0 Å². The third-order valence-corrected chi connectivity index (χ3v) is 2.87. The van der Waals surface area contributed by atoms with Crippen molar-refractivity contribution in [2.24, 2.45) is 0 Å². The van der Waals surface area contributed by atoms with Gasteiger partial charge < -0.3 is 25.8 Å². The number of nitrogens with one attached hydrogen (secondary N) is 1. The van der Waals surface area contributed by atoms with Crippen LogP contribution in [-0.4, -0.2) is 52.4 Å². The third kappa shape index (κ3) is 4.17. The molecule has 4 N–H and O–H groups in total. The van der Waals surface area contributed by atoms with Gasteiger partial charge in [0.25, 0.3) is 0 Å². The fraction of sp³-hybridized carbons (Fsp3) is 1.00. The zero-order valence-electron chi connectivity index (χ0n) is 9.54. The summed E-state index contributed by atoms with van der Waals surface area (Å²) in [6.45, 7) is 1.71. The predicted octanol–water partition coefficient (Wildman–Crippen LogP) is 0.0789. The minimum Gasteiger partial charge on any atom is -0.670 e. The molecule has 1 aliphatic rings. The molecule has 1 rings (SSSR count). The third-order valence-electron chi connectivity index (χ3n) is 2.87. The van der Waals surface area contributed by atoms with Crippen molar-refractivity contribution < 1.29 is 64.1 Å². The Hall–Kier alpha value is 1.24. The summed E-state index contributed by atoms with van der Waals surface area (Å²) in [5.41, 5.74) is 7.69. The smallest absolute Gasteiger partial charge is 0.109 e. The first-order valence-corrected chi connectivity index (χ1v) is 5.45. The molecule has 0 aromatic heterocycles. The van der Waals surface area contributed by atoms with Crippen LogP contribution in [0.15, 0.2) is 0 Å². The second kappa shape index (κ2) is 8.36. The van der Waals surface area contributed by atoms with E-state index in [1.807, 2.05) is 6.92 Å². The molecule has 1 aliphatic heterocycles. The van der Waals surface area contributed by atoms with Crippen LogP contribution in [0.1, 0.15) is 26.2 Å². The molecule has 1 unspecified atom stereocenters. The average Bonchev–Trinajstić information content (AvgIpc) is 2.25. The largest absolute Gasteiger partial charge is 0.670 e. The quantitative estimate of drug-likeness (QED) is 0.572. The van der Waals surface area contributed by atoms with Crippen molar-refractivity contribution >= 4 is 0 Å². The van der Waals surface area contributed by atoms with Gasteiger partial charge in [-0.3, -0.25) is 0 Å². The van der Waals surface area contributed by atoms with Gasteiger partial charge in [-0.25, -0.2) is 0 Å². The minimum absolute atomic E-state index is 0. The van der Waals surface area contributed by atoms with Gasteiger partial charge in [0.15, 0.2) is 0 Å². The van der Waals surface area contributed by atoms with Crippen LogP contribution in [0, 0.1) is 44.1 Å². The summed E-state index contributed by atoms with van der Waals surface area (Å²) in [5, 5.41) is 28.0. The second-order valence-electron chi connectivity index (χ2n) is 4.04. The monoisotopic (exact) mass is 445 g/mol. The van der Waals surface area contributed by atoms with Gasteiger partial charge >= 0.3 is 0 Å². The van der Waals surface area contributed by atoms with E-state index < -0.39 is 24.4 Å². The van der Waals surface area contributed by atoms with Gasteiger partial charge in [0.05, 0.1) is 12.7 Å². The summed E-state index contributed by atoms with van der Waals surface area (Å²) in [6.07, 6.45) is -0.835. The Morgan fingerprint density at radius 3 is 2.31 bits per heavy atom. The molecule has 1 radical (unpaired) electrons. The van der Waals surface area contributed by atoms with E-state index in [0.29, 0.717) is 6.42 Å². The van der Waals surface area contributed by atoms with Crippen LogP contribution in [-0.2, 0) is 4.74 Å². The molecule has 93 valence electrons. The standard InChI is InChI=1S/C10H20NO4.Ac/c1-2-3-4-6-8(11)10(14)9(13)7(5-12)15-6;/h6-14H,2-5H2,1H3;/q-1;/t6?,7-,8+,9-,10-;/m1./s1. The molecule has 5 atom stereocenters. The molecule has 6 heteroatoms. The molecular formula is C10H20AcNO4-. The summed E-state index contributed by atoms with van der Waals surface area (Å²) in [5.74, 6) is 0. The molecule has 0 spiro atoms. The van der Waals surface area contributed by atoms with E-state index in [4.69, 9.17) is 15.6 Å². The maximum atomic E-state index is 9.59. The van der Waals surface area contributed by atoms with E-state index in [0.717, 1.165) is 12.8 Å². The van der Waals surface area contributed by atoms with Crippen LogP contribution in [0.2, 0.25) is 0 Å². The molecule has 1 saturated heterocycles. The Morgan fingerprint density at radius 1 is 1.19 bits per heavy atom. The molecular weight excluding hydrogens is 425 g/mol. The maximum absolute atomic E-state index is 9.59. The van der Waals surface area contributed by atoms with E-state index in [-0.39, 0.29) is 56.8 Å². The minimum atomic E-state index is -1.16. The SMILES string of the molecule is CCCCC1O[C@H](CO)[C@@H](O)[C@H](O)[C@H]1[NH-].[Ac]. The van der Waals surface area contributed by atoms with Crippen molar-refractivity contribution in [3.63, 3.8) is 0 Å². The Labute approximate surface area is 132 Å². The van der Waals surface area contributed by atoms with Gasteiger partial charge in [0.1, 0.15) is 12.2 Å². The van der Waals surface area contributed by atoms with Crippen molar-refractivity contribution in [2.75, 3.05) is 6.61 Å². The van der Waals surface area contributed by atoms with Crippen LogP contribution >= 0.6 is 0 Å². The first kappa shape index (κ1) is 17.2. The summed E-state index contributed by atoms with van der Waals surface area (Å²) in [4.78, 5) is 0. The van der Waals surface area contributed by atoms with E-state index in [1.54, 1.807) is 0 Å². The van der Waals surface area contributed by atoms with Crippen molar-refractivity contribution in [2.45, 2.75) is 56.6 Å². The van der Waals surface area contributed by atoms with Gasteiger partial charge in [-0.15, -0.1) is 0 Å². The van der Waals surface area contributed by atoms with Crippen molar-refractivity contribution in [1.29, 1.82) is 0 Å². The molecule has 5 nitrogen and oxygen atoms in total. The number of hydrogen-bond acceptors (Lipinski definition) is 4. The summed E-state index contributed by atoms with van der Waals surface area (Å²) >= 11 is 0. The van der Waals surface area contributed by atoms with Crippen molar-refractivity contribution in [1.82, 2.24) is 0 Å². The van der Waals surface area contributed by atoms with Crippen LogP contribution < -0.4 is 0 Å². The summed E-state index contributed by atoms with van der Waals surface area (Å²) in [7, 11) is 0. The van der Waals surface area contributed by atoms with Gasteiger partial charge in [-0.05, 0) is 6.42 Å². The number of aliphatic hydroxyl groups is 3. The van der Waals surface area contributed by atoms with E-state index in [9.17, 15) is 10.2 Å². The average molecular weight is 445 g/mol. The van der Waals surface area contributed by atoms with E-state index in [2.05, 4.69) is 0 Å². The zero-order chi connectivity index (χ0) is 11.4. The van der Waals surface area contributed by atoms with Gasteiger partial charge in [0, 0.05) is 50.2 Å². The Bertz CT molecular complexity index is 194.